The minimum atomic E-state index is 0.612. The number of anilines is 2. The highest BCUT2D eigenvalue weighted by Gasteiger charge is 2.03. The minimum absolute atomic E-state index is 0.612. The molecule has 0 amide bonds. The van der Waals surface area contributed by atoms with Crippen molar-refractivity contribution in [2.24, 2.45) is 5.84 Å². The summed E-state index contributed by atoms with van der Waals surface area (Å²) >= 11 is 5.56. The van der Waals surface area contributed by atoms with Crippen LogP contribution < -0.4 is 16.6 Å². The zero-order chi connectivity index (χ0) is 9.68. The van der Waals surface area contributed by atoms with E-state index >= 15 is 0 Å². The van der Waals surface area contributed by atoms with Crippen LogP contribution in [0.2, 0.25) is 0 Å². The largest absolute Gasteiger partial charge is 0.397 e. The number of alkyl halides is 1. The zero-order valence-corrected chi connectivity index (χ0v) is 8.17. The van der Waals surface area contributed by atoms with E-state index in [1.807, 2.05) is 24.3 Å². The lowest BCUT2D eigenvalue weighted by atomic mass is 10.2. The van der Waals surface area contributed by atoms with Gasteiger partial charge in [-0.25, -0.2) is 5.84 Å². The van der Waals surface area contributed by atoms with Crippen molar-refractivity contribution in [2.45, 2.75) is 6.42 Å². The van der Waals surface area contributed by atoms with Gasteiger partial charge in [0.2, 0.25) is 0 Å². The molecule has 0 spiro atoms. The van der Waals surface area contributed by atoms with E-state index in [0.29, 0.717) is 11.6 Å². The SMILES string of the molecule is Nc1ccccc1N(N)CCCCl. The van der Waals surface area contributed by atoms with Crippen molar-refractivity contribution >= 4 is 23.0 Å². The van der Waals surface area contributed by atoms with Crippen molar-refractivity contribution in [3.8, 4) is 0 Å². The van der Waals surface area contributed by atoms with E-state index in [1.54, 1.807) is 5.01 Å². The molecule has 1 rings (SSSR count). The Bertz CT molecular complexity index is 265. The number of nitrogen functional groups attached to an aromatic ring is 1. The molecule has 4 N–H and O–H groups in total. The van der Waals surface area contributed by atoms with Gasteiger partial charge in [-0.05, 0) is 18.6 Å². The van der Waals surface area contributed by atoms with E-state index in [4.69, 9.17) is 23.2 Å². The molecule has 0 atom stereocenters. The van der Waals surface area contributed by atoms with Crippen LogP contribution >= 0.6 is 11.6 Å². The molecule has 3 nitrogen and oxygen atoms in total. The topological polar surface area (TPSA) is 55.3 Å². The van der Waals surface area contributed by atoms with Gasteiger partial charge in [-0.2, -0.15) is 0 Å². The van der Waals surface area contributed by atoms with Crippen LogP contribution in [0.4, 0.5) is 11.4 Å². The van der Waals surface area contributed by atoms with E-state index in [9.17, 15) is 0 Å². The Morgan fingerprint density at radius 2 is 2.00 bits per heavy atom. The van der Waals surface area contributed by atoms with Crippen LogP contribution in [0.25, 0.3) is 0 Å². The molecule has 0 saturated heterocycles. The molecule has 0 aliphatic carbocycles. The van der Waals surface area contributed by atoms with Crippen LogP contribution in [0.5, 0.6) is 0 Å². The summed E-state index contributed by atoms with van der Waals surface area (Å²) in [5.41, 5.74) is 7.29. The second-order valence-corrected chi connectivity index (χ2v) is 3.17. The summed E-state index contributed by atoms with van der Waals surface area (Å²) in [7, 11) is 0. The molecule has 0 heterocycles. The Hall–Kier alpha value is -0.930. The molecular weight excluding hydrogens is 186 g/mol. The smallest absolute Gasteiger partial charge is 0.0746 e. The lowest BCUT2D eigenvalue weighted by Gasteiger charge is -2.19. The number of para-hydroxylation sites is 2. The highest BCUT2D eigenvalue weighted by molar-refractivity contribution is 6.17. The van der Waals surface area contributed by atoms with E-state index in [0.717, 1.165) is 18.7 Å². The number of nitrogens with zero attached hydrogens (tertiary/aromatic N) is 1. The summed E-state index contributed by atoms with van der Waals surface area (Å²) < 4.78 is 0. The normalized spacial score (nSPS) is 10.0. The Balaban J connectivity index is 2.65. The monoisotopic (exact) mass is 199 g/mol. The van der Waals surface area contributed by atoms with Gasteiger partial charge in [-0.15, -0.1) is 11.6 Å². The van der Waals surface area contributed by atoms with Crippen LogP contribution in [-0.2, 0) is 0 Å². The fourth-order valence-electron chi connectivity index (χ4n) is 1.10. The van der Waals surface area contributed by atoms with Crippen LogP contribution in [0.3, 0.4) is 0 Å². The van der Waals surface area contributed by atoms with E-state index < -0.39 is 0 Å². The summed E-state index contributed by atoms with van der Waals surface area (Å²) in [5, 5.41) is 1.62. The Kier molecular flexibility index (Phi) is 3.86. The fourth-order valence-corrected chi connectivity index (χ4v) is 1.22. The van der Waals surface area contributed by atoms with Crippen molar-refractivity contribution in [1.82, 2.24) is 0 Å². The van der Waals surface area contributed by atoms with E-state index in [-0.39, 0.29) is 0 Å². The Morgan fingerprint density at radius 3 is 2.62 bits per heavy atom. The maximum Gasteiger partial charge on any atom is 0.0746 e. The van der Waals surface area contributed by atoms with Crippen LogP contribution in [-0.4, -0.2) is 12.4 Å². The molecule has 1 aromatic rings. The Morgan fingerprint density at radius 1 is 1.31 bits per heavy atom. The number of nitrogens with two attached hydrogens (primary N) is 2. The van der Waals surface area contributed by atoms with Crippen molar-refractivity contribution in [3.05, 3.63) is 24.3 Å². The predicted octanol–water partition coefficient (Wildman–Crippen LogP) is 1.58. The molecule has 0 unspecified atom stereocenters. The summed E-state index contributed by atoms with van der Waals surface area (Å²) in [6.07, 6.45) is 0.854. The molecule has 0 saturated carbocycles. The first-order valence-corrected chi connectivity index (χ1v) is 4.72. The lowest BCUT2D eigenvalue weighted by Crippen LogP contribution is -2.32. The summed E-state index contributed by atoms with van der Waals surface area (Å²) in [6, 6.07) is 7.51. The minimum Gasteiger partial charge on any atom is -0.397 e. The molecule has 0 aliphatic heterocycles. The third kappa shape index (κ3) is 2.79. The maximum absolute atomic E-state index is 5.78. The van der Waals surface area contributed by atoms with Gasteiger partial charge in [-0.1, -0.05) is 12.1 Å². The third-order valence-electron chi connectivity index (χ3n) is 1.78. The molecule has 1 aromatic carbocycles. The molecule has 4 heteroatoms. The average molecular weight is 200 g/mol. The molecule has 0 aromatic heterocycles. The number of hydrogen-bond acceptors (Lipinski definition) is 3. The zero-order valence-electron chi connectivity index (χ0n) is 7.41. The van der Waals surface area contributed by atoms with Crippen molar-refractivity contribution < 1.29 is 0 Å². The van der Waals surface area contributed by atoms with Crippen molar-refractivity contribution in [3.63, 3.8) is 0 Å². The van der Waals surface area contributed by atoms with Gasteiger partial charge in [0.15, 0.2) is 0 Å². The van der Waals surface area contributed by atoms with Gasteiger partial charge in [0.05, 0.1) is 11.4 Å². The first kappa shape index (κ1) is 10.2. The summed E-state index contributed by atoms with van der Waals surface area (Å²) in [6.45, 7) is 0.720. The highest BCUT2D eigenvalue weighted by atomic mass is 35.5. The van der Waals surface area contributed by atoms with Crippen molar-refractivity contribution in [1.29, 1.82) is 0 Å². The van der Waals surface area contributed by atoms with E-state index in [2.05, 4.69) is 0 Å². The second-order valence-electron chi connectivity index (χ2n) is 2.79. The number of halogens is 1. The molecular formula is C9H14ClN3. The van der Waals surface area contributed by atoms with Crippen LogP contribution in [0, 0.1) is 0 Å². The first-order valence-electron chi connectivity index (χ1n) is 4.18. The Labute approximate surface area is 83.2 Å². The van der Waals surface area contributed by atoms with Crippen LogP contribution in [0.15, 0.2) is 24.3 Å². The standard InChI is InChI=1S/C9H14ClN3/c10-6-3-7-13(12)9-5-2-1-4-8(9)11/h1-2,4-5H,3,6-7,11-12H2. The van der Waals surface area contributed by atoms with Gasteiger partial charge >= 0.3 is 0 Å². The molecule has 0 fully saturated rings. The summed E-state index contributed by atoms with van der Waals surface area (Å²) in [5.74, 6) is 6.39. The number of hydrazine groups is 1. The maximum atomic E-state index is 5.78. The fraction of sp³-hybridized carbons (Fsp3) is 0.333. The third-order valence-corrected chi connectivity index (χ3v) is 2.05. The lowest BCUT2D eigenvalue weighted by molar-refractivity contribution is 0.810. The number of rotatable bonds is 4. The van der Waals surface area contributed by atoms with Gasteiger partial charge in [0, 0.05) is 12.4 Å². The molecule has 0 bridgehead atoms. The van der Waals surface area contributed by atoms with Crippen molar-refractivity contribution in [2.75, 3.05) is 23.2 Å². The first-order chi connectivity index (χ1) is 6.25. The molecule has 72 valence electrons. The quantitative estimate of drug-likeness (QED) is 0.335. The summed E-state index contributed by atoms with van der Waals surface area (Å²) in [4.78, 5) is 0. The highest BCUT2D eigenvalue weighted by Crippen LogP contribution is 2.19. The predicted molar refractivity (Wildman–Crippen MR) is 57.7 cm³/mol. The number of benzene rings is 1. The second kappa shape index (κ2) is 4.94. The molecule has 13 heavy (non-hydrogen) atoms. The van der Waals surface area contributed by atoms with Crippen LogP contribution in [0.1, 0.15) is 6.42 Å². The number of hydrogen-bond donors (Lipinski definition) is 2. The van der Waals surface area contributed by atoms with Gasteiger partial charge in [0.1, 0.15) is 0 Å². The molecule has 0 aliphatic rings. The van der Waals surface area contributed by atoms with Gasteiger partial charge < -0.3 is 10.7 Å². The van der Waals surface area contributed by atoms with E-state index in [1.165, 1.54) is 0 Å². The van der Waals surface area contributed by atoms with Gasteiger partial charge in [-0.3, -0.25) is 0 Å². The average Bonchev–Trinajstić information content (AvgIpc) is 2.15. The molecule has 0 radical (unpaired) electrons. The van der Waals surface area contributed by atoms with Gasteiger partial charge in [0.25, 0.3) is 0 Å².